The molecular formula is C11H18ClN3O2S. The molecule has 1 aromatic rings. The van der Waals surface area contributed by atoms with Crippen LogP contribution in [-0.2, 0) is 10.0 Å². The molecule has 0 unspecified atom stereocenters. The molecule has 18 heavy (non-hydrogen) atoms. The highest BCUT2D eigenvalue weighted by molar-refractivity contribution is 7.89. The molecular weight excluding hydrogens is 274 g/mol. The van der Waals surface area contributed by atoms with Gasteiger partial charge in [-0.25, -0.2) is 8.42 Å². The van der Waals surface area contributed by atoms with Crippen molar-refractivity contribution in [1.82, 2.24) is 14.6 Å². The summed E-state index contributed by atoms with van der Waals surface area (Å²) in [6.07, 6.45) is 4.68. The Balaban J connectivity index is 0.00000162. The molecule has 5 nitrogen and oxygen atoms in total. The predicted molar refractivity (Wildman–Crippen MR) is 72.3 cm³/mol. The highest BCUT2D eigenvalue weighted by Crippen LogP contribution is 2.19. The van der Waals surface area contributed by atoms with Crippen LogP contribution >= 0.6 is 12.4 Å². The Bertz CT molecular complexity index is 460. The fraction of sp³-hybridized carbons (Fsp3) is 0.545. The summed E-state index contributed by atoms with van der Waals surface area (Å²) in [5.74, 6) is 0. The average Bonchev–Trinajstić information content (AvgIpc) is 2.40. The quantitative estimate of drug-likeness (QED) is 0.898. The minimum atomic E-state index is -3.40. The number of pyridine rings is 1. The average molecular weight is 292 g/mol. The maximum absolute atomic E-state index is 12.3. The van der Waals surface area contributed by atoms with Crippen LogP contribution in [0.3, 0.4) is 0 Å². The minimum Gasteiger partial charge on any atom is -0.317 e. The van der Waals surface area contributed by atoms with E-state index < -0.39 is 10.0 Å². The van der Waals surface area contributed by atoms with E-state index >= 15 is 0 Å². The summed E-state index contributed by atoms with van der Waals surface area (Å²) in [4.78, 5) is 4.13. The van der Waals surface area contributed by atoms with Crippen LogP contribution in [0.2, 0.25) is 0 Å². The Labute approximate surface area is 114 Å². The van der Waals surface area contributed by atoms with Crippen molar-refractivity contribution in [2.24, 2.45) is 0 Å². The molecule has 2 rings (SSSR count). The number of sulfonamides is 1. The summed E-state index contributed by atoms with van der Waals surface area (Å²) in [5, 5.41) is 3.23. The SMILES string of the molecule is CN(C1CCNCC1)S(=O)(=O)c1cccnc1.Cl. The first-order valence-corrected chi connectivity index (χ1v) is 7.15. The van der Waals surface area contributed by atoms with Gasteiger partial charge >= 0.3 is 0 Å². The van der Waals surface area contributed by atoms with E-state index in [1.807, 2.05) is 0 Å². The van der Waals surface area contributed by atoms with Crippen molar-refractivity contribution in [3.8, 4) is 0 Å². The first-order valence-electron chi connectivity index (χ1n) is 5.71. The molecule has 0 atom stereocenters. The fourth-order valence-corrected chi connectivity index (χ4v) is 3.41. The zero-order chi connectivity index (χ0) is 12.3. The minimum absolute atomic E-state index is 0. The van der Waals surface area contributed by atoms with Crippen LogP contribution in [0.25, 0.3) is 0 Å². The van der Waals surface area contributed by atoms with E-state index in [1.165, 1.54) is 10.5 Å². The van der Waals surface area contributed by atoms with Gasteiger partial charge in [0.2, 0.25) is 10.0 Å². The number of nitrogens with one attached hydrogen (secondary N) is 1. The van der Waals surface area contributed by atoms with Crippen LogP contribution in [-0.4, -0.2) is 43.9 Å². The van der Waals surface area contributed by atoms with Gasteiger partial charge in [0.25, 0.3) is 0 Å². The Hall–Kier alpha value is -0.690. The molecule has 0 aromatic carbocycles. The number of piperidine rings is 1. The molecule has 1 fully saturated rings. The molecule has 0 spiro atoms. The topological polar surface area (TPSA) is 62.3 Å². The molecule has 0 aliphatic carbocycles. The van der Waals surface area contributed by atoms with Gasteiger partial charge in [0.05, 0.1) is 0 Å². The number of halogens is 1. The van der Waals surface area contributed by atoms with Gasteiger partial charge in [-0.15, -0.1) is 12.4 Å². The molecule has 1 aliphatic heterocycles. The molecule has 1 aromatic heterocycles. The van der Waals surface area contributed by atoms with Crippen molar-refractivity contribution in [3.63, 3.8) is 0 Å². The summed E-state index contributed by atoms with van der Waals surface area (Å²) in [6.45, 7) is 1.75. The second-order valence-corrected chi connectivity index (χ2v) is 6.19. The Morgan fingerprint density at radius 3 is 2.61 bits per heavy atom. The Morgan fingerprint density at radius 1 is 1.39 bits per heavy atom. The molecule has 0 bridgehead atoms. The summed E-state index contributed by atoms with van der Waals surface area (Å²) in [5.41, 5.74) is 0. The molecule has 1 aliphatic rings. The van der Waals surface area contributed by atoms with E-state index in [0.29, 0.717) is 0 Å². The molecule has 102 valence electrons. The van der Waals surface area contributed by atoms with E-state index in [9.17, 15) is 8.42 Å². The van der Waals surface area contributed by atoms with Crippen molar-refractivity contribution < 1.29 is 8.42 Å². The number of hydrogen-bond donors (Lipinski definition) is 1. The molecule has 0 amide bonds. The molecule has 1 saturated heterocycles. The predicted octanol–water partition coefficient (Wildman–Crippen LogP) is 0.876. The smallest absolute Gasteiger partial charge is 0.244 e. The van der Waals surface area contributed by atoms with Crippen molar-refractivity contribution >= 4 is 22.4 Å². The lowest BCUT2D eigenvalue weighted by molar-refractivity contribution is 0.296. The van der Waals surface area contributed by atoms with E-state index in [2.05, 4.69) is 10.3 Å². The van der Waals surface area contributed by atoms with E-state index in [-0.39, 0.29) is 23.3 Å². The first kappa shape index (κ1) is 15.4. The molecule has 0 radical (unpaired) electrons. The summed E-state index contributed by atoms with van der Waals surface area (Å²) < 4.78 is 26.1. The van der Waals surface area contributed by atoms with E-state index in [1.54, 1.807) is 25.4 Å². The molecule has 0 saturated carbocycles. The standard InChI is InChI=1S/C11H17N3O2S.ClH/c1-14(10-4-7-12-8-5-10)17(15,16)11-3-2-6-13-9-11;/h2-3,6,9-10,12H,4-5,7-8H2,1H3;1H. The second-order valence-electron chi connectivity index (χ2n) is 4.19. The van der Waals surface area contributed by atoms with Gasteiger partial charge in [-0.1, -0.05) is 0 Å². The lowest BCUT2D eigenvalue weighted by Crippen LogP contribution is -2.43. The van der Waals surface area contributed by atoms with Gasteiger partial charge in [0.15, 0.2) is 0 Å². The van der Waals surface area contributed by atoms with Crippen molar-refractivity contribution in [2.75, 3.05) is 20.1 Å². The lowest BCUT2D eigenvalue weighted by Gasteiger charge is -2.30. The van der Waals surface area contributed by atoms with Gasteiger partial charge in [-0.3, -0.25) is 4.98 Å². The van der Waals surface area contributed by atoms with Gasteiger partial charge in [0.1, 0.15) is 4.90 Å². The third-order valence-corrected chi connectivity index (χ3v) is 5.03. The molecule has 7 heteroatoms. The van der Waals surface area contributed by atoms with Crippen LogP contribution in [0.5, 0.6) is 0 Å². The summed E-state index contributed by atoms with van der Waals surface area (Å²) in [7, 11) is -1.74. The van der Waals surface area contributed by atoms with Crippen molar-refractivity contribution in [2.45, 2.75) is 23.8 Å². The Kier molecular flexibility index (Phi) is 5.52. The monoisotopic (exact) mass is 291 g/mol. The van der Waals surface area contributed by atoms with Crippen LogP contribution in [0, 0.1) is 0 Å². The third-order valence-electron chi connectivity index (χ3n) is 3.13. The first-order chi connectivity index (χ1) is 8.12. The fourth-order valence-electron chi connectivity index (χ4n) is 2.03. The number of aromatic nitrogens is 1. The highest BCUT2D eigenvalue weighted by atomic mass is 35.5. The van der Waals surface area contributed by atoms with Crippen LogP contribution in [0.15, 0.2) is 29.4 Å². The zero-order valence-corrected chi connectivity index (χ0v) is 11.9. The van der Waals surface area contributed by atoms with Gasteiger partial charge in [0, 0.05) is 25.5 Å². The number of nitrogens with zero attached hydrogens (tertiary/aromatic N) is 2. The number of hydrogen-bond acceptors (Lipinski definition) is 4. The zero-order valence-electron chi connectivity index (χ0n) is 10.2. The third kappa shape index (κ3) is 3.20. The van der Waals surface area contributed by atoms with Gasteiger partial charge in [-0.05, 0) is 38.1 Å². The van der Waals surface area contributed by atoms with Crippen LogP contribution < -0.4 is 5.32 Å². The van der Waals surface area contributed by atoms with Crippen molar-refractivity contribution in [1.29, 1.82) is 0 Å². The van der Waals surface area contributed by atoms with E-state index in [0.717, 1.165) is 25.9 Å². The van der Waals surface area contributed by atoms with E-state index in [4.69, 9.17) is 0 Å². The summed E-state index contributed by atoms with van der Waals surface area (Å²) in [6, 6.07) is 3.31. The van der Waals surface area contributed by atoms with Gasteiger partial charge in [-0.2, -0.15) is 4.31 Å². The van der Waals surface area contributed by atoms with Crippen molar-refractivity contribution in [3.05, 3.63) is 24.5 Å². The maximum Gasteiger partial charge on any atom is 0.244 e. The number of rotatable bonds is 3. The Morgan fingerprint density at radius 2 is 2.06 bits per heavy atom. The normalized spacial score (nSPS) is 17.4. The van der Waals surface area contributed by atoms with Crippen LogP contribution in [0.1, 0.15) is 12.8 Å². The molecule has 2 heterocycles. The molecule has 1 N–H and O–H groups in total. The highest BCUT2D eigenvalue weighted by Gasteiger charge is 2.28. The van der Waals surface area contributed by atoms with Gasteiger partial charge < -0.3 is 5.32 Å². The van der Waals surface area contributed by atoms with Crippen LogP contribution in [0.4, 0.5) is 0 Å². The second kappa shape index (κ2) is 6.47. The largest absolute Gasteiger partial charge is 0.317 e. The summed E-state index contributed by atoms with van der Waals surface area (Å²) >= 11 is 0. The lowest BCUT2D eigenvalue weighted by atomic mass is 10.1. The maximum atomic E-state index is 12.3.